The van der Waals surface area contributed by atoms with Crippen molar-refractivity contribution in [2.45, 2.75) is 12.5 Å². The molecule has 0 aliphatic heterocycles. The molecule has 1 N–H and O–H groups in total. The Bertz CT molecular complexity index is 504. The zero-order valence-electron chi connectivity index (χ0n) is 8.98. The van der Waals surface area contributed by atoms with E-state index in [1.807, 2.05) is 12.1 Å². The smallest absolute Gasteiger partial charge is 0.137 e. The standard InChI is InChI=1S/C13H11BrFNO/c14-11-2-1-10(8-12(11)15)13(17)7-9-3-5-16-6-4-9/h1-6,8,13,17H,7H2. The summed E-state index contributed by atoms with van der Waals surface area (Å²) in [6.07, 6.45) is 3.08. The molecule has 1 aromatic heterocycles. The lowest BCUT2D eigenvalue weighted by Crippen LogP contribution is -2.02. The summed E-state index contributed by atoms with van der Waals surface area (Å²) in [7, 11) is 0. The highest BCUT2D eigenvalue weighted by molar-refractivity contribution is 9.10. The molecule has 1 heterocycles. The molecule has 0 spiro atoms. The second kappa shape index (κ2) is 5.38. The highest BCUT2D eigenvalue weighted by Gasteiger charge is 2.10. The molecule has 17 heavy (non-hydrogen) atoms. The highest BCUT2D eigenvalue weighted by atomic mass is 79.9. The fourth-order valence-electron chi connectivity index (χ4n) is 1.58. The van der Waals surface area contributed by atoms with Gasteiger partial charge >= 0.3 is 0 Å². The van der Waals surface area contributed by atoms with Gasteiger partial charge in [0.25, 0.3) is 0 Å². The molecule has 2 nitrogen and oxygen atoms in total. The predicted molar refractivity (Wildman–Crippen MR) is 67.0 cm³/mol. The van der Waals surface area contributed by atoms with Crippen LogP contribution in [-0.4, -0.2) is 10.1 Å². The third kappa shape index (κ3) is 3.11. The molecule has 1 aromatic carbocycles. The molecule has 0 radical (unpaired) electrons. The van der Waals surface area contributed by atoms with E-state index in [0.29, 0.717) is 16.5 Å². The molecule has 0 aliphatic carbocycles. The topological polar surface area (TPSA) is 33.1 Å². The van der Waals surface area contributed by atoms with Crippen LogP contribution in [0.25, 0.3) is 0 Å². The van der Waals surface area contributed by atoms with Crippen molar-refractivity contribution in [3.8, 4) is 0 Å². The molecule has 88 valence electrons. The largest absolute Gasteiger partial charge is 0.388 e. The average Bonchev–Trinajstić information content (AvgIpc) is 2.34. The number of aliphatic hydroxyl groups excluding tert-OH is 1. The van der Waals surface area contributed by atoms with E-state index in [1.54, 1.807) is 24.5 Å². The minimum absolute atomic E-state index is 0.365. The molecular weight excluding hydrogens is 285 g/mol. The van der Waals surface area contributed by atoms with Crippen LogP contribution in [0.3, 0.4) is 0 Å². The Morgan fingerprint density at radius 2 is 1.94 bits per heavy atom. The van der Waals surface area contributed by atoms with Crippen LogP contribution in [0.15, 0.2) is 47.2 Å². The third-order valence-electron chi connectivity index (χ3n) is 2.51. The second-order valence-corrected chi connectivity index (χ2v) is 4.60. The Morgan fingerprint density at radius 3 is 2.59 bits per heavy atom. The van der Waals surface area contributed by atoms with Crippen molar-refractivity contribution in [3.05, 3.63) is 64.1 Å². The molecule has 0 saturated carbocycles. The second-order valence-electron chi connectivity index (χ2n) is 3.75. The summed E-state index contributed by atoms with van der Waals surface area (Å²) < 4.78 is 13.7. The molecular formula is C13H11BrFNO. The third-order valence-corrected chi connectivity index (χ3v) is 3.15. The minimum Gasteiger partial charge on any atom is -0.388 e. The van der Waals surface area contributed by atoms with E-state index in [2.05, 4.69) is 20.9 Å². The molecule has 4 heteroatoms. The van der Waals surface area contributed by atoms with Gasteiger partial charge in [-0.25, -0.2) is 4.39 Å². The lowest BCUT2D eigenvalue weighted by atomic mass is 10.0. The summed E-state index contributed by atoms with van der Waals surface area (Å²) >= 11 is 3.08. The van der Waals surface area contributed by atoms with Gasteiger partial charge in [-0.3, -0.25) is 4.98 Å². The van der Waals surface area contributed by atoms with Crippen molar-refractivity contribution < 1.29 is 9.50 Å². The lowest BCUT2D eigenvalue weighted by molar-refractivity contribution is 0.178. The van der Waals surface area contributed by atoms with Crippen LogP contribution in [0.4, 0.5) is 4.39 Å². The number of halogens is 2. The summed E-state index contributed by atoms with van der Waals surface area (Å²) in [4.78, 5) is 3.90. The summed E-state index contributed by atoms with van der Waals surface area (Å²) in [6, 6.07) is 8.31. The van der Waals surface area contributed by atoms with E-state index >= 15 is 0 Å². The van der Waals surface area contributed by atoms with Gasteiger partial charge in [0.2, 0.25) is 0 Å². The summed E-state index contributed by atoms with van der Waals surface area (Å²) in [5.41, 5.74) is 1.54. The van der Waals surface area contributed by atoms with Crippen LogP contribution in [0.2, 0.25) is 0 Å². The van der Waals surface area contributed by atoms with Gasteiger partial charge in [0.05, 0.1) is 10.6 Å². The Balaban J connectivity index is 2.14. The molecule has 2 aromatic rings. The number of pyridine rings is 1. The lowest BCUT2D eigenvalue weighted by Gasteiger charge is -2.11. The van der Waals surface area contributed by atoms with Gasteiger partial charge in [0.1, 0.15) is 5.82 Å². The highest BCUT2D eigenvalue weighted by Crippen LogP contribution is 2.23. The summed E-state index contributed by atoms with van der Waals surface area (Å²) in [6.45, 7) is 0. The van der Waals surface area contributed by atoms with Gasteiger partial charge in [-0.1, -0.05) is 6.07 Å². The number of nitrogens with zero attached hydrogens (tertiary/aromatic N) is 1. The van der Waals surface area contributed by atoms with Crippen LogP contribution in [0.5, 0.6) is 0 Å². The first kappa shape index (κ1) is 12.2. The number of hydrogen-bond acceptors (Lipinski definition) is 2. The summed E-state index contributed by atoms with van der Waals surface area (Å²) in [5.74, 6) is -0.365. The average molecular weight is 296 g/mol. The van der Waals surface area contributed by atoms with Gasteiger partial charge in [-0.05, 0) is 51.3 Å². The normalized spacial score (nSPS) is 12.4. The fraction of sp³-hybridized carbons (Fsp3) is 0.154. The number of aromatic nitrogens is 1. The summed E-state index contributed by atoms with van der Waals surface area (Å²) in [5, 5.41) is 9.99. The first-order valence-electron chi connectivity index (χ1n) is 5.19. The Hall–Kier alpha value is -1.26. The van der Waals surface area contributed by atoms with Crippen molar-refractivity contribution in [2.24, 2.45) is 0 Å². The van der Waals surface area contributed by atoms with Gasteiger partial charge < -0.3 is 5.11 Å². The maximum absolute atomic E-state index is 13.3. The first-order chi connectivity index (χ1) is 8.16. The van der Waals surface area contributed by atoms with Crippen LogP contribution in [0, 0.1) is 5.82 Å². The van der Waals surface area contributed by atoms with Gasteiger partial charge in [-0.2, -0.15) is 0 Å². The monoisotopic (exact) mass is 295 g/mol. The molecule has 1 unspecified atom stereocenters. The Kier molecular flexibility index (Phi) is 3.86. The van der Waals surface area contributed by atoms with E-state index < -0.39 is 6.10 Å². The van der Waals surface area contributed by atoms with Crippen molar-refractivity contribution in [1.82, 2.24) is 4.98 Å². The Labute approximate surface area is 107 Å². The van der Waals surface area contributed by atoms with Crippen molar-refractivity contribution in [1.29, 1.82) is 0 Å². The van der Waals surface area contributed by atoms with Crippen LogP contribution in [0.1, 0.15) is 17.2 Å². The SMILES string of the molecule is OC(Cc1ccncc1)c1ccc(Br)c(F)c1. The molecule has 1 atom stereocenters. The van der Waals surface area contributed by atoms with Crippen molar-refractivity contribution in [3.63, 3.8) is 0 Å². The minimum atomic E-state index is -0.708. The maximum atomic E-state index is 13.3. The van der Waals surface area contributed by atoms with E-state index in [4.69, 9.17) is 0 Å². The van der Waals surface area contributed by atoms with Gasteiger partial charge in [-0.15, -0.1) is 0 Å². The van der Waals surface area contributed by atoms with E-state index in [9.17, 15) is 9.50 Å². The quantitative estimate of drug-likeness (QED) is 0.943. The van der Waals surface area contributed by atoms with E-state index in [-0.39, 0.29) is 5.82 Å². The molecule has 0 aliphatic rings. The Morgan fingerprint density at radius 1 is 1.24 bits per heavy atom. The molecule has 2 rings (SSSR count). The van der Waals surface area contributed by atoms with Crippen molar-refractivity contribution in [2.75, 3.05) is 0 Å². The number of aliphatic hydroxyl groups is 1. The first-order valence-corrected chi connectivity index (χ1v) is 5.98. The van der Waals surface area contributed by atoms with Gasteiger partial charge in [0, 0.05) is 18.8 Å². The number of hydrogen-bond donors (Lipinski definition) is 1. The number of benzene rings is 1. The number of rotatable bonds is 3. The zero-order chi connectivity index (χ0) is 12.3. The van der Waals surface area contributed by atoms with Crippen molar-refractivity contribution >= 4 is 15.9 Å². The van der Waals surface area contributed by atoms with E-state index in [1.165, 1.54) is 6.07 Å². The maximum Gasteiger partial charge on any atom is 0.137 e. The van der Waals surface area contributed by atoms with Crippen LogP contribution >= 0.6 is 15.9 Å². The fourth-order valence-corrected chi connectivity index (χ4v) is 1.83. The molecule has 0 fully saturated rings. The molecule has 0 amide bonds. The molecule has 0 bridgehead atoms. The zero-order valence-corrected chi connectivity index (χ0v) is 10.6. The van der Waals surface area contributed by atoms with E-state index in [0.717, 1.165) is 5.56 Å². The molecule has 0 saturated heterocycles. The predicted octanol–water partition coefficient (Wildman–Crippen LogP) is 3.26. The van der Waals surface area contributed by atoms with Gasteiger partial charge in [0.15, 0.2) is 0 Å². The van der Waals surface area contributed by atoms with Crippen LogP contribution in [-0.2, 0) is 6.42 Å². The van der Waals surface area contributed by atoms with Crippen LogP contribution < -0.4 is 0 Å².